The molecule has 18 heavy (non-hydrogen) atoms. The molecule has 4 heterocycles. The van der Waals surface area contributed by atoms with Gasteiger partial charge in [0.1, 0.15) is 0 Å². The molecule has 3 atom stereocenters. The van der Waals surface area contributed by atoms with E-state index in [0.717, 1.165) is 32.8 Å². The van der Waals surface area contributed by atoms with E-state index in [2.05, 4.69) is 11.0 Å². The van der Waals surface area contributed by atoms with Crippen LogP contribution in [0.3, 0.4) is 0 Å². The predicted molar refractivity (Wildman–Crippen MR) is 67.7 cm³/mol. The van der Waals surface area contributed by atoms with Gasteiger partial charge < -0.3 is 9.30 Å². The Morgan fingerprint density at radius 1 is 1.28 bits per heavy atom. The molecule has 0 spiro atoms. The number of fused-ring (bicyclic) bond motifs is 4. The van der Waals surface area contributed by atoms with Crippen LogP contribution in [0.25, 0.3) is 0 Å². The van der Waals surface area contributed by atoms with Gasteiger partial charge in [0.25, 0.3) is 5.56 Å². The first-order chi connectivity index (χ1) is 8.79. The summed E-state index contributed by atoms with van der Waals surface area (Å²) >= 11 is 0. The Labute approximate surface area is 106 Å². The molecular weight excluding hydrogens is 228 g/mol. The van der Waals surface area contributed by atoms with Gasteiger partial charge in [0.05, 0.1) is 12.7 Å². The number of rotatable bonds is 2. The summed E-state index contributed by atoms with van der Waals surface area (Å²) in [6.45, 7) is 5.11. The number of piperidine rings is 1. The first-order valence-electron chi connectivity index (χ1n) is 6.83. The maximum Gasteiger partial charge on any atom is 0.250 e. The fourth-order valence-electron chi connectivity index (χ4n) is 3.61. The van der Waals surface area contributed by atoms with Crippen molar-refractivity contribution in [2.75, 3.05) is 26.2 Å². The van der Waals surface area contributed by atoms with Crippen molar-refractivity contribution >= 4 is 0 Å². The Kier molecular flexibility index (Phi) is 2.35. The lowest BCUT2D eigenvalue weighted by atomic mass is 9.83. The van der Waals surface area contributed by atoms with E-state index < -0.39 is 0 Å². The van der Waals surface area contributed by atoms with E-state index in [0.29, 0.717) is 17.9 Å². The van der Waals surface area contributed by atoms with Crippen molar-refractivity contribution in [1.29, 1.82) is 0 Å². The molecule has 96 valence electrons. The molecule has 3 aliphatic heterocycles. The van der Waals surface area contributed by atoms with E-state index in [4.69, 9.17) is 4.74 Å². The Balaban J connectivity index is 1.63. The van der Waals surface area contributed by atoms with Crippen molar-refractivity contribution in [2.45, 2.75) is 25.0 Å². The zero-order valence-corrected chi connectivity index (χ0v) is 10.4. The van der Waals surface area contributed by atoms with Gasteiger partial charge in [0.15, 0.2) is 0 Å². The lowest BCUT2D eigenvalue weighted by Crippen LogP contribution is -2.47. The second-order valence-electron chi connectivity index (χ2n) is 5.87. The lowest BCUT2D eigenvalue weighted by molar-refractivity contribution is 0.112. The molecule has 2 fully saturated rings. The minimum atomic E-state index is 0.168. The van der Waals surface area contributed by atoms with Gasteiger partial charge in [-0.2, -0.15) is 0 Å². The van der Waals surface area contributed by atoms with Gasteiger partial charge in [0, 0.05) is 43.9 Å². The second-order valence-corrected chi connectivity index (χ2v) is 5.87. The molecule has 4 heteroatoms. The summed E-state index contributed by atoms with van der Waals surface area (Å²) in [5.74, 6) is 1.17. The van der Waals surface area contributed by atoms with Gasteiger partial charge in [0.2, 0.25) is 0 Å². The van der Waals surface area contributed by atoms with E-state index in [1.54, 1.807) is 6.07 Å². The van der Waals surface area contributed by atoms with E-state index in [-0.39, 0.29) is 5.56 Å². The van der Waals surface area contributed by atoms with Gasteiger partial charge in [-0.3, -0.25) is 9.69 Å². The Hall–Kier alpha value is -1.13. The molecule has 0 radical (unpaired) electrons. The first kappa shape index (κ1) is 10.8. The standard InChI is InChI=1S/C14H18N2O2/c17-14-3-1-2-13-11-4-10(6-16(13)14)5-15(7-11)8-12-9-18-12/h1-3,10-12H,4-9H2/t10-,11+,12-/m1/s1. The number of nitrogens with zero attached hydrogens (tertiary/aromatic N) is 2. The van der Waals surface area contributed by atoms with Crippen LogP contribution < -0.4 is 5.56 Å². The highest BCUT2D eigenvalue weighted by atomic mass is 16.6. The summed E-state index contributed by atoms with van der Waals surface area (Å²) in [6.07, 6.45) is 1.72. The third kappa shape index (κ3) is 1.80. The SMILES string of the molecule is O=c1cccc2n1C[C@@H]1C[C@H]2CN(C[C@@H]2CO2)C1. The molecule has 0 aromatic carbocycles. The number of epoxide rings is 1. The van der Waals surface area contributed by atoms with Crippen molar-refractivity contribution in [3.05, 3.63) is 34.2 Å². The zero-order valence-electron chi connectivity index (χ0n) is 10.4. The van der Waals surface area contributed by atoms with Crippen molar-refractivity contribution in [3.8, 4) is 0 Å². The fraction of sp³-hybridized carbons (Fsp3) is 0.643. The van der Waals surface area contributed by atoms with Crippen LogP contribution in [0.1, 0.15) is 18.0 Å². The molecule has 2 saturated heterocycles. The molecule has 0 aliphatic carbocycles. The largest absolute Gasteiger partial charge is 0.372 e. The molecular formula is C14H18N2O2. The number of aromatic nitrogens is 1. The summed E-state index contributed by atoms with van der Waals surface area (Å²) in [6, 6.07) is 5.71. The Bertz CT molecular complexity index is 521. The minimum Gasteiger partial charge on any atom is -0.372 e. The third-order valence-electron chi connectivity index (χ3n) is 4.42. The van der Waals surface area contributed by atoms with Crippen LogP contribution in [0.2, 0.25) is 0 Å². The van der Waals surface area contributed by atoms with Crippen molar-refractivity contribution in [3.63, 3.8) is 0 Å². The monoisotopic (exact) mass is 246 g/mol. The number of pyridine rings is 1. The molecule has 0 N–H and O–H groups in total. The number of hydrogen-bond donors (Lipinski definition) is 0. The lowest BCUT2D eigenvalue weighted by Gasteiger charge is -2.42. The molecule has 2 bridgehead atoms. The van der Waals surface area contributed by atoms with Crippen molar-refractivity contribution < 1.29 is 4.74 Å². The highest BCUT2D eigenvalue weighted by Gasteiger charge is 2.36. The summed E-state index contributed by atoms with van der Waals surface area (Å²) in [5, 5.41) is 0. The highest BCUT2D eigenvalue weighted by Crippen LogP contribution is 2.35. The molecule has 0 amide bonds. The fourth-order valence-corrected chi connectivity index (χ4v) is 3.61. The van der Waals surface area contributed by atoms with Crippen LogP contribution >= 0.6 is 0 Å². The molecule has 0 unspecified atom stereocenters. The molecule has 4 nitrogen and oxygen atoms in total. The smallest absolute Gasteiger partial charge is 0.250 e. The number of ether oxygens (including phenoxy) is 1. The van der Waals surface area contributed by atoms with Gasteiger partial charge >= 0.3 is 0 Å². The molecule has 4 rings (SSSR count). The Morgan fingerprint density at radius 2 is 2.17 bits per heavy atom. The van der Waals surface area contributed by atoms with Crippen LogP contribution in [0, 0.1) is 5.92 Å². The highest BCUT2D eigenvalue weighted by molar-refractivity contribution is 5.17. The van der Waals surface area contributed by atoms with Gasteiger partial charge in [-0.1, -0.05) is 6.07 Å². The summed E-state index contributed by atoms with van der Waals surface area (Å²) in [7, 11) is 0. The van der Waals surface area contributed by atoms with Crippen LogP contribution in [-0.4, -0.2) is 41.8 Å². The topological polar surface area (TPSA) is 37.8 Å². The van der Waals surface area contributed by atoms with Crippen molar-refractivity contribution in [1.82, 2.24) is 9.47 Å². The normalized spacial score (nSPS) is 34.1. The molecule has 0 saturated carbocycles. The van der Waals surface area contributed by atoms with E-state index in [1.807, 2.05) is 10.6 Å². The summed E-state index contributed by atoms with van der Waals surface area (Å²) in [4.78, 5) is 14.4. The maximum absolute atomic E-state index is 11.9. The van der Waals surface area contributed by atoms with Crippen molar-refractivity contribution in [2.24, 2.45) is 5.92 Å². The number of likely N-dealkylation sites (tertiary alicyclic amines) is 1. The van der Waals surface area contributed by atoms with Gasteiger partial charge in [-0.05, 0) is 18.4 Å². The molecule has 1 aromatic heterocycles. The average Bonchev–Trinajstić information content (AvgIpc) is 3.14. The quantitative estimate of drug-likeness (QED) is 0.720. The van der Waals surface area contributed by atoms with Crippen LogP contribution in [0.5, 0.6) is 0 Å². The van der Waals surface area contributed by atoms with Crippen LogP contribution in [-0.2, 0) is 11.3 Å². The summed E-state index contributed by atoms with van der Waals surface area (Å²) < 4.78 is 7.31. The Morgan fingerprint density at radius 3 is 3.00 bits per heavy atom. The predicted octanol–water partition coefficient (Wildman–Crippen LogP) is 0.666. The zero-order chi connectivity index (χ0) is 12.1. The van der Waals surface area contributed by atoms with Crippen LogP contribution in [0.15, 0.2) is 23.0 Å². The number of hydrogen-bond acceptors (Lipinski definition) is 3. The van der Waals surface area contributed by atoms with Crippen LogP contribution in [0.4, 0.5) is 0 Å². The summed E-state index contributed by atoms with van der Waals surface area (Å²) in [5.41, 5.74) is 1.40. The first-order valence-corrected chi connectivity index (χ1v) is 6.83. The van der Waals surface area contributed by atoms with E-state index in [1.165, 1.54) is 12.1 Å². The van der Waals surface area contributed by atoms with Gasteiger partial charge in [-0.15, -0.1) is 0 Å². The molecule has 1 aromatic rings. The average molecular weight is 246 g/mol. The van der Waals surface area contributed by atoms with E-state index in [9.17, 15) is 4.79 Å². The second kappa shape index (κ2) is 3.93. The molecule has 3 aliphatic rings. The van der Waals surface area contributed by atoms with E-state index >= 15 is 0 Å². The van der Waals surface area contributed by atoms with Gasteiger partial charge in [-0.25, -0.2) is 0 Å². The maximum atomic E-state index is 11.9. The minimum absolute atomic E-state index is 0.168. The third-order valence-corrected chi connectivity index (χ3v) is 4.42.